The lowest BCUT2D eigenvalue weighted by molar-refractivity contribution is -0.141. The number of likely N-dealkylation sites (tertiary alicyclic amines) is 1. The Hall–Kier alpha value is -2.67. The van der Waals surface area contributed by atoms with Crippen LogP contribution < -0.4 is 10.1 Å². The van der Waals surface area contributed by atoms with Gasteiger partial charge in [0.15, 0.2) is 0 Å². The minimum absolute atomic E-state index is 0.116. The van der Waals surface area contributed by atoms with E-state index in [1.54, 1.807) is 0 Å². The third-order valence-corrected chi connectivity index (χ3v) is 4.69. The highest BCUT2D eigenvalue weighted by molar-refractivity contribution is 5.74. The van der Waals surface area contributed by atoms with Gasteiger partial charge in [-0.15, -0.1) is 0 Å². The number of alkyl halides is 2. The summed E-state index contributed by atoms with van der Waals surface area (Å²) in [6.07, 6.45) is -1.25. The fourth-order valence-electron chi connectivity index (χ4n) is 3.06. The minimum atomic E-state index is -3.26. The maximum atomic E-state index is 13.5. The molecule has 150 valence electrons. The largest absolute Gasteiger partial charge is 0.489 e. The van der Waals surface area contributed by atoms with Crippen LogP contribution in [0.15, 0.2) is 54.6 Å². The van der Waals surface area contributed by atoms with Gasteiger partial charge in [-0.25, -0.2) is 13.6 Å². The van der Waals surface area contributed by atoms with E-state index in [1.807, 2.05) is 54.6 Å². The number of aliphatic hydroxyl groups is 1. The summed E-state index contributed by atoms with van der Waals surface area (Å²) in [4.78, 5) is 13.1. The van der Waals surface area contributed by atoms with E-state index in [4.69, 9.17) is 4.74 Å². The molecule has 1 aliphatic heterocycles. The molecule has 5 nitrogen and oxygen atoms in total. The molecule has 0 saturated carbocycles. The number of amides is 2. The lowest BCUT2D eigenvalue weighted by Gasteiger charge is -2.35. The number of nitrogens with zero attached hydrogens (tertiary/aromatic N) is 1. The lowest BCUT2D eigenvalue weighted by Crippen LogP contribution is -2.55. The van der Waals surface area contributed by atoms with Crippen LogP contribution >= 0.6 is 0 Å². The molecule has 1 atom stereocenters. The highest BCUT2D eigenvalue weighted by Gasteiger charge is 2.44. The van der Waals surface area contributed by atoms with E-state index < -0.39 is 24.6 Å². The fourth-order valence-corrected chi connectivity index (χ4v) is 3.06. The molecule has 2 aromatic rings. The van der Waals surface area contributed by atoms with Crippen LogP contribution in [-0.4, -0.2) is 47.7 Å². The van der Waals surface area contributed by atoms with Crippen molar-refractivity contribution in [1.82, 2.24) is 10.2 Å². The molecule has 0 aliphatic carbocycles. The third kappa shape index (κ3) is 5.42. The van der Waals surface area contributed by atoms with Crippen molar-refractivity contribution in [2.45, 2.75) is 31.5 Å². The van der Waals surface area contributed by atoms with E-state index in [9.17, 15) is 18.7 Å². The van der Waals surface area contributed by atoms with E-state index in [1.165, 1.54) is 0 Å². The lowest BCUT2D eigenvalue weighted by atomic mass is 10.0. The zero-order chi connectivity index (χ0) is 20.0. The molecule has 1 unspecified atom stereocenters. The number of hydrogen-bond donors (Lipinski definition) is 2. The highest BCUT2D eigenvalue weighted by atomic mass is 19.3. The molecule has 7 heteroatoms. The van der Waals surface area contributed by atoms with Crippen LogP contribution in [0.5, 0.6) is 5.75 Å². The Labute approximate surface area is 162 Å². The number of ether oxygens (including phenoxy) is 1. The van der Waals surface area contributed by atoms with E-state index in [-0.39, 0.29) is 13.0 Å². The number of halogens is 2. The molecule has 0 radical (unpaired) electrons. The SMILES string of the molecule is O=C(NCCc1cccc(OCc2ccccc2)c1)N1CCC(O)C(F)(F)C1. The first-order valence-electron chi connectivity index (χ1n) is 9.28. The quantitative estimate of drug-likeness (QED) is 0.796. The van der Waals surface area contributed by atoms with Crippen molar-refractivity contribution in [1.29, 1.82) is 0 Å². The van der Waals surface area contributed by atoms with Gasteiger partial charge in [0.1, 0.15) is 18.5 Å². The average Bonchev–Trinajstić information content (AvgIpc) is 2.69. The zero-order valence-electron chi connectivity index (χ0n) is 15.5. The highest BCUT2D eigenvalue weighted by Crippen LogP contribution is 2.27. The number of nitrogens with one attached hydrogen (secondary N) is 1. The van der Waals surface area contributed by atoms with Crippen LogP contribution in [0.4, 0.5) is 13.6 Å². The van der Waals surface area contributed by atoms with Crippen molar-refractivity contribution in [3.63, 3.8) is 0 Å². The summed E-state index contributed by atoms with van der Waals surface area (Å²) in [5.41, 5.74) is 2.05. The summed E-state index contributed by atoms with van der Waals surface area (Å²) in [5.74, 6) is -2.53. The van der Waals surface area contributed by atoms with Crippen molar-refractivity contribution in [3.8, 4) is 5.75 Å². The van der Waals surface area contributed by atoms with Gasteiger partial charge in [0, 0.05) is 13.1 Å². The number of hydrogen-bond acceptors (Lipinski definition) is 3. The Morgan fingerprint density at radius 2 is 1.93 bits per heavy atom. The monoisotopic (exact) mass is 390 g/mol. The number of piperidine rings is 1. The summed E-state index contributed by atoms with van der Waals surface area (Å²) in [7, 11) is 0. The number of rotatable bonds is 6. The van der Waals surface area contributed by atoms with Gasteiger partial charge in [0.05, 0.1) is 6.54 Å². The molecular formula is C21H24F2N2O3. The number of urea groups is 1. The van der Waals surface area contributed by atoms with Crippen LogP contribution in [-0.2, 0) is 13.0 Å². The van der Waals surface area contributed by atoms with Crippen molar-refractivity contribution in [3.05, 3.63) is 65.7 Å². The molecular weight excluding hydrogens is 366 g/mol. The van der Waals surface area contributed by atoms with Gasteiger partial charge in [-0.2, -0.15) is 0 Å². The summed E-state index contributed by atoms with van der Waals surface area (Å²) in [6.45, 7) is 0.149. The van der Waals surface area contributed by atoms with Crippen LogP contribution in [0.2, 0.25) is 0 Å². The van der Waals surface area contributed by atoms with Crippen molar-refractivity contribution >= 4 is 6.03 Å². The van der Waals surface area contributed by atoms with Crippen molar-refractivity contribution in [2.75, 3.05) is 19.6 Å². The molecule has 0 spiro atoms. The Morgan fingerprint density at radius 1 is 1.18 bits per heavy atom. The second-order valence-corrected chi connectivity index (χ2v) is 6.89. The Morgan fingerprint density at radius 3 is 2.68 bits per heavy atom. The van der Waals surface area contributed by atoms with Gasteiger partial charge in [0.2, 0.25) is 0 Å². The molecule has 2 aromatic carbocycles. The predicted molar refractivity (Wildman–Crippen MR) is 101 cm³/mol. The third-order valence-electron chi connectivity index (χ3n) is 4.69. The second kappa shape index (κ2) is 9.01. The minimum Gasteiger partial charge on any atom is -0.489 e. The molecule has 1 fully saturated rings. The van der Waals surface area contributed by atoms with Crippen LogP contribution in [0.1, 0.15) is 17.5 Å². The van der Waals surface area contributed by atoms with E-state index in [0.29, 0.717) is 19.6 Å². The maximum Gasteiger partial charge on any atom is 0.317 e. The van der Waals surface area contributed by atoms with E-state index in [2.05, 4.69) is 5.32 Å². The summed E-state index contributed by atoms with van der Waals surface area (Å²) in [5, 5.41) is 11.9. The van der Waals surface area contributed by atoms with Gasteiger partial charge >= 0.3 is 6.03 Å². The Kier molecular flexibility index (Phi) is 6.46. The van der Waals surface area contributed by atoms with E-state index >= 15 is 0 Å². The Bertz CT molecular complexity index is 786. The van der Waals surface area contributed by atoms with Crippen molar-refractivity contribution in [2.24, 2.45) is 0 Å². The van der Waals surface area contributed by atoms with Gasteiger partial charge in [0.25, 0.3) is 5.92 Å². The van der Waals surface area contributed by atoms with Gasteiger partial charge in [-0.3, -0.25) is 0 Å². The average molecular weight is 390 g/mol. The number of carbonyl (C=O) groups is 1. The summed E-state index contributed by atoms with van der Waals surface area (Å²) >= 11 is 0. The molecule has 1 aliphatic rings. The standard InChI is InChI=1S/C21H24F2N2O3/c22-21(23)15-25(12-10-19(21)26)20(27)24-11-9-16-7-4-8-18(13-16)28-14-17-5-2-1-3-6-17/h1-8,13,19,26H,9-12,14-15H2,(H,24,27). The van der Waals surface area contributed by atoms with Gasteiger partial charge < -0.3 is 20.1 Å². The topological polar surface area (TPSA) is 61.8 Å². The predicted octanol–water partition coefficient (Wildman–Crippen LogP) is 3.22. The maximum absolute atomic E-state index is 13.5. The summed E-state index contributed by atoms with van der Waals surface area (Å²) in [6, 6.07) is 16.9. The molecule has 1 heterocycles. The molecule has 28 heavy (non-hydrogen) atoms. The first-order chi connectivity index (χ1) is 13.4. The first-order valence-corrected chi connectivity index (χ1v) is 9.28. The molecule has 2 amide bonds. The molecule has 1 saturated heterocycles. The summed E-state index contributed by atoms with van der Waals surface area (Å²) < 4.78 is 32.9. The molecule has 3 rings (SSSR count). The number of benzene rings is 2. The number of carbonyl (C=O) groups excluding carboxylic acids is 1. The van der Waals surface area contributed by atoms with Crippen molar-refractivity contribution < 1.29 is 23.4 Å². The van der Waals surface area contributed by atoms with Crippen LogP contribution in [0.3, 0.4) is 0 Å². The van der Waals surface area contributed by atoms with E-state index in [0.717, 1.165) is 21.8 Å². The smallest absolute Gasteiger partial charge is 0.317 e. The molecule has 0 aromatic heterocycles. The normalized spacial score (nSPS) is 18.5. The van der Waals surface area contributed by atoms with Gasteiger partial charge in [-0.1, -0.05) is 42.5 Å². The van der Waals surface area contributed by atoms with Crippen LogP contribution in [0.25, 0.3) is 0 Å². The Balaban J connectivity index is 1.45. The first kappa shape index (κ1) is 20.1. The fraction of sp³-hybridized carbons (Fsp3) is 0.381. The zero-order valence-corrected chi connectivity index (χ0v) is 15.5. The second-order valence-electron chi connectivity index (χ2n) is 6.89. The van der Waals surface area contributed by atoms with Gasteiger partial charge in [-0.05, 0) is 36.1 Å². The van der Waals surface area contributed by atoms with Crippen LogP contribution in [0, 0.1) is 0 Å². The molecule has 0 bridgehead atoms. The number of aliphatic hydroxyl groups excluding tert-OH is 1. The molecule has 2 N–H and O–H groups in total.